The summed E-state index contributed by atoms with van der Waals surface area (Å²) in [5.41, 5.74) is 0.542. The molecular weight excluding hydrogens is 230 g/mol. The molecule has 1 aliphatic heterocycles. The fourth-order valence-corrected chi connectivity index (χ4v) is 2.52. The number of piperidine rings is 1. The van der Waals surface area contributed by atoms with E-state index in [-0.39, 0.29) is 11.0 Å². The molecule has 2 aromatic rings. The molecule has 3 rings (SSSR count). The molecule has 2 aromatic heterocycles. The molecule has 3 heterocycles. The molecule has 1 aliphatic rings. The van der Waals surface area contributed by atoms with E-state index >= 15 is 0 Å². The Labute approximate surface area is 104 Å². The van der Waals surface area contributed by atoms with Gasteiger partial charge < -0.3 is 5.32 Å². The minimum Gasteiger partial charge on any atom is -0.316 e. The number of aromatic amines is 1. The molecule has 1 atom stereocenters. The number of fused-ring (bicyclic) bond motifs is 1. The molecule has 96 valence electrons. The zero-order valence-electron chi connectivity index (χ0n) is 10.7. The SMILES string of the molecule is Cc1cc(=O)n2[nH]c(C3(C)CCCNC3)nc2n1. The summed E-state index contributed by atoms with van der Waals surface area (Å²) in [7, 11) is 0. The fraction of sp³-hybridized carbons (Fsp3) is 0.583. The molecule has 0 saturated carbocycles. The first-order valence-electron chi connectivity index (χ1n) is 6.26. The van der Waals surface area contributed by atoms with Gasteiger partial charge in [-0.2, -0.15) is 9.50 Å². The Hall–Kier alpha value is -1.69. The largest absolute Gasteiger partial charge is 0.316 e. The van der Waals surface area contributed by atoms with Crippen molar-refractivity contribution >= 4 is 5.78 Å². The third-order valence-electron chi connectivity index (χ3n) is 3.63. The monoisotopic (exact) mass is 247 g/mol. The van der Waals surface area contributed by atoms with Gasteiger partial charge in [0.2, 0.25) is 0 Å². The van der Waals surface area contributed by atoms with Crippen LogP contribution in [-0.4, -0.2) is 32.7 Å². The highest BCUT2D eigenvalue weighted by atomic mass is 16.1. The third kappa shape index (κ3) is 1.73. The van der Waals surface area contributed by atoms with Crippen LogP contribution < -0.4 is 10.9 Å². The van der Waals surface area contributed by atoms with Crippen LogP contribution in [0.3, 0.4) is 0 Å². The first kappa shape index (κ1) is 11.4. The van der Waals surface area contributed by atoms with Crippen LogP contribution in [0.1, 0.15) is 31.3 Å². The van der Waals surface area contributed by atoms with Crippen LogP contribution in [0.15, 0.2) is 10.9 Å². The Morgan fingerprint density at radius 2 is 2.28 bits per heavy atom. The number of nitrogens with zero attached hydrogens (tertiary/aromatic N) is 3. The summed E-state index contributed by atoms with van der Waals surface area (Å²) in [5.74, 6) is 1.30. The topological polar surface area (TPSA) is 75.1 Å². The Bertz CT molecular complexity index is 635. The summed E-state index contributed by atoms with van der Waals surface area (Å²) in [6.07, 6.45) is 2.18. The van der Waals surface area contributed by atoms with Crippen molar-refractivity contribution in [3.05, 3.63) is 27.9 Å². The highest BCUT2D eigenvalue weighted by molar-refractivity contribution is 5.29. The van der Waals surface area contributed by atoms with E-state index in [0.717, 1.165) is 31.8 Å². The van der Waals surface area contributed by atoms with Crippen LogP contribution >= 0.6 is 0 Å². The molecule has 6 nitrogen and oxygen atoms in total. The maximum absolute atomic E-state index is 11.8. The summed E-state index contributed by atoms with van der Waals surface area (Å²) >= 11 is 0. The number of H-pyrrole nitrogens is 1. The van der Waals surface area contributed by atoms with Gasteiger partial charge in [0.25, 0.3) is 11.3 Å². The zero-order valence-corrected chi connectivity index (χ0v) is 10.7. The maximum atomic E-state index is 11.8. The van der Waals surface area contributed by atoms with Gasteiger partial charge in [0, 0.05) is 23.7 Å². The lowest BCUT2D eigenvalue weighted by Gasteiger charge is -2.31. The van der Waals surface area contributed by atoms with Crippen LogP contribution in [0.5, 0.6) is 0 Å². The number of aryl methyl sites for hydroxylation is 1. The van der Waals surface area contributed by atoms with Crippen molar-refractivity contribution in [2.24, 2.45) is 0 Å². The van der Waals surface area contributed by atoms with Gasteiger partial charge in [-0.05, 0) is 26.3 Å². The van der Waals surface area contributed by atoms with Crippen molar-refractivity contribution in [2.75, 3.05) is 13.1 Å². The van der Waals surface area contributed by atoms with E-state index in [2.05, 4.69) is 27.3 Å². The number of nitrogens with one attached hydrogen (secondary N) is 2. The summed E-state index contributed by atoms with van der Waals surface area (Å²) < 4.78 is 1.42. The maximum Gasteiger partial charge on any atom is 0.274 e. The van der Waals surface area contributed by atoms with Crippen molar-refractivity contribution in [1.29, 1.82) is 0 Å². The second kappa shape index (κ2) is 3.91. The average molecular weight is 247 g/mol. The van der Waals surface area contributed by atoms with Crippen LogP contribution in [-0.2, 0) is 5.41 Å². The number of hydrogen-bond acceptors (Lipinski definition) is 4. The molecule has 1 fully saturated rings. The van der Waals surface area contributed by atoms with E-state index in [9.17, 15) is 4.79 Å². The lowest BCUT2D eigenvalue weighted by Crippen LogP contribution is -2.42. The first-order valence-corrected chi connectivity index (χ1v) is 6.26. The zero-order chi connectivity index (χ0) is 12.8. The average Bonchev–Trinajstić information content (AvgIpc) is 2.74. The van der Waals surface area contributed by atoms with E-state index in [1.165, 1.54) is 10.6 Å². The Morgan fingerprint density at radius 3 is 3.00 bits per heavy atom. The Kier molecular flexibility index (Phi) is 2.48. The normalized spacial score (nSPS) is 24.6. The van der Waals surface area contributed by atoms with E-state index in [4.69, 9.17) is 0 Å². The molecule has 0 spiro atoms. The number of rotatable bonds is 1. The lowest BCUT2D eigenvalue weighted by molar-refractivity contribution is 0.324. The highest BCUT2D eigenvalue weighted by Crippen LogP contribution is 2.27. The minimum atomic E-state index is -0.108. The van der Waals surface area contributed by atoms with Crippen LogP contribution in [0.4, 0.5) is 0 Å². The summed E-state index contributed by atoms with van der Waals surface area (Å²) in [6.45, 7) is 5.89. The van der Waals surface area contributed by atoms with E-state index < -0.39 is 0 Å². The molecule has 0 radical (unpaired) electrons. The minimum absolute atomic E-state index is 0.0493. The lowest BCUT2D eigenvalue weighted by atomic mass is 9.82. The van der Waals surface area contributed by atoms with Crippen molar-refractivity contribution in [3.8, 4) is 0 Å². The number of aromatic nitrogens is 4. The third-order valence-corrected chi connectivity index (χ3v) is 3.63. The Morgan fingerprint density at radius 1 is 1.44 bits per heavy atom. The molecule has 1 saturated heterocycles. The van der Waals surface area contributed by atoms with Crippen molar-refractivity contribution in [2.45, 2.75) is 32.1 Å². The van der Waals surface area contributed by atoms with Gasteiger partial charge in [-0.1, -0.05) is 6.92 Å². The second-order valence-corrected chi connectivity index (χ2v) is 5.28. The Balaban J connectivity index is 2.13. The second-order valence-electron chi connectivity index (χ2n) is 5.28. The summed E-state index contributed by atoms with van der Waals surface area (Å²) in [4.78, 5) is 20.6. The van der Waals surface area contributed by atoms with Gasteiger partial charge in [0.1, 0.15) is 5.82 Å². The van der Waals surface area contributed by atoms with Crippen LogP contribution in [0.25, 0.3) is 5.78 Å². The van der Waals surface area contributed by atoms with E-state index in [1.54, 1.807) is 6.92 Å². The summed E-state index contributed by atoms with van der Waals surface area (Å²) in [6, 6.07) is 1.51. The van der Waals surface area contributed by atoms with Crippen LogP contribution in [0, 0.1) is 6.92 Å². The molecule has 1 unspecified atom stereocenters. The highest BCUT2D eigenvalue weighted by Gasteiger charge is 2.32. The standard InChI is InChI=1S/C12H17N5O/c1-8-6-9(18)17-11(14-8)15-10(16-17)12(2)4-3-5-13-7-12/h6,13H,3-5,7H2,1-2H3,(H,14,15,16). The van der Waals surface area contributed by atoms with Gasteiger partial charge >= 0.3 is 0 Å². The van der Waals surface area contributed by atoms with Crippen molar-refractivity contribution in [1.82, 2.24) is 24.9 Å². The van der Waals surface area contributed by atoms with Crippen LogP contribution in [0.2, 0.25) is 0 Å². The smallest absolute Gasteiger partial charge is 0.274 e. The first-order chi connectivity index (χ1) is 8.58. The molecule has 18 heavy (non-hydrogen) atoms. The molecular formula is C12H17N5O. The predicted octanol–water partition coefficient (Wildman–Crippen LogP) is 0.367. The van der Waals surface area contributed by atoms with Gasteiger partial charge in [0.05, 0.1) is 0 Å². The molecule has 0 aliphatic carbocycles. The molecule has 0 bridgehead atoms. The quantitative estimate of drug-likeness (QED) is 0.763. The van der Waals surface area contributed by atoms with Crippen molar-refractivity contribution in [3.63, 3.8) is 0 Å². The molecule has 2 N–H and O–H groups in total. The molecule has 0 aromatic carbocycles. The van der Waals surface area contributed by atoms with Gasteiger partial charge in [-0.3, -0.25) is 9.89 Å². The van der Waals surface area contributed by atoms with Gasteiger partial charge in [0.15, 0.2) is 0 Å². The predicted molar refractivity (Wildman–Crippen MR) is 67.8 cm³/mol. The number of hydrogen-bond donors (Lipinski definition) is 2. The van der Waals surface area contributed by atoms with Gasteiger partial charge in [-0.15, -0.1) is 0 Å². The van der Waals surface area contributed by atoms with E-state index in [1.807, 2.05) is 0 Å². The molecule has 0 amide bonds. The van der Waals surface area contributed by atoms with Gasteiger partial charge in [-0.25, -0.2) is 4.98 Å². The molecule has 6 heteroatoms. The van der Waals surface area contributed by atoms with Crippen molar-refractivity contribution < 1.29 is 0 Å². The summed E-state index contributed by atoms with van der Waals surface area (Å²) in [5, 5.41) is 6.47. The van der Waals surface area contributed by atoms with E-state index in [0.29, 0.717) is 11.5 Å². The fourth-order valence-electron chi connectivity index (χ4n) is 2.52.